The van der Waals surface area contributed by atoms with E-state index < -0.39 is 21.1 Å². The van der Waals surface area contributed by atoms with Crippen molar-refractivity contribution in [3.8, 4) is 5.69 Å². The van der Waals surface area contributed by atoms with Gasteiger partial charge < -0.3 is 10.4 Å². The van der Waals surface area contributed by atoms with Crippen molar-refractivity contribution in [1.29, 1.82) is 0 Å². The van der Waals surface area contributed by atoms with E-state index >= 15 is 0 Å². The van der Waals surface area contributed by atoms with Crippen LogP contribution in [0.5, 0.6) is 0 Å². The summed E-state index contributed by atoms with van der Waals surface area (Å²) in [5.41, 5.74) is 1.24. The Labute approximate surface area is 212 Å². The predicted octanol–water partition coefficient (Wildman–Crippen LogP) is 4.06. The van der Waals surface area contributed by atoms with Crippen LogP contribution in [0.25, 0.3) is 5.69 Å². The highest BCUT2D eigenvalue weighted by atomic mass is 32.2. The van der Waals surface area contributed by atoms with Crippen LogP contribution in [0.3, 0.4) is 0 Å². The first kappa shape index (κ1) is 25.1. The van der Waals surface area contributed by atoms with E-state index in [0.29, 0.717) is 16.5 Å². The van der Waals surface area contributed by atoms with Crippen molar-refractivity contribution in [2.45, 2.75) is 28.0 Å². The van der Waals surface area contributed by atoms with Gasteiger partial charge in [0.25, 0.3) is 0 Å². The van der Waals surface area contributed by atoms with E-state index in [1.54, 1.807) is 41.8 Å². The number of anilines is 1. The van der Waals surface area contributed by atoms with Gasteiger partial charge in [-0.25, -0.2) is 13.2 Å². The van der Waals surface area contributed by atoms with Crippen LogP contribution in [0.15, 0.2) is 95.0 Å². The maximum atomic E-state index is 13.0. The molecule has 0 bridgehead atoms. The van der Waals surface area contributed by atoms with Crippen molar-refractivity contribution in [1.82, 2.24) is 14.8 Å². The highest BCUT2D eigenvalue weighted by Crippen LogP contribution is 2.28. The Morgan fingerprint density at radius 2 is 1.56 bits per heavy atom. The number of hydrogen-bond donors (Lipinski definition) is 2. The molecule has 1 heterocycles. The van der Waals surface area contributed by atoms with Gasteiger partial charge in [-0.2, -0.15) is 0 Å². The second kappa shape index (κ2) is 10.8. The first-order valence-corrected chi connectivity index (χ1v) is 13.4. The summed E-state index contributed by atoms with van der Waals surface area (Å²) in [6.07, 6.45) is 0. The smallest absolute Gasteiger partial charge is 0.335 e. The van der Waals surface area contributed by atoms with Gasteiger partial charge in [0.15, 0.2) is 20.8 Å². The van der Waals surface area contributed by atoms with Crippen LogP contribution in [-0.2, 0) is 20.4 Å². The Kier molecular flexibility index (Phi) is 7.51. The molecule has 1 unspecified atom stereocenters. The Bertz CT molecular complexity index is 1470. The number of benzene rings is 3. The minimum atomic E-state index is -3.68. The van der Waals surface area contributed by atoms with Crippen LogP contribution >= 0.6 is 11.8 Å². The number of carbonyl (C=O) groups excluding carboxylic acids is 1. The lowest BCUT2D eigenvalue weighted by atomic mass is 10.2. The SMILES string of the molecule is CC(Sc1nnc(CS(=O)(=O)c2ccccc2)n1-c1ccccc1)C(=O)Nc1ccc(C(=O)O)cc1. The molecule has 1 atom stereocenters. The molecule has 11 heteroatoms. The van der Waals surface area contributed by atoms with Crippen LogP contribution in [0.2, 0.25) is 0 Å². The van der Waals surface area contributed by atoms with Gasteiger partial charge in [-0.15, -0.1) is 10.2 Å². The second-order valence-electron chi connectivity index (χ2n) is 7.77. The number of hydrogen-bond acceptors (Lipinski definition) is 7. The summed E-state index contributed by atoms with van der Waals surface area (Å²) in [5.74, 6) is -1.52. The standard InChI is InChI=1S/C25H22N4O5S2/c1-17(23(30)26-19-14-12-18(13-15-19)24(31)32)35-25-28-27-22(29(25)20-8-4-2-5-9-20)16-36(33,34)21-10-6-3-7-11-21/h2-15,17H,16H2,1H3,(H,26,30)(H,31,32). The quantitative estimate of drug-likeness (QED) is 0.315. The number of nitrogens with zero attached hydrogens (tertiary/aromatic N) is 3. The van der Waals surface area contributed by atoms with Crippen LogP contribution in [0.4, 0.5) is 5.69 Å². The third-order valence-electron chi connectivity index (χ3n) is 5.19. The second-order valence-corrected chi connectivity index (χ2v) is 11.1. The lowest BCUT2D eigenvalue weighted by molar-refractivity contribution is -0.115. The molecule has 0 aliphatic carbocycles. The molecule has 0 radical (unpaired) electrons. The highest BCUT2D eigenvalue weighted by Gasteiger charge is 2.25. The minimum absolute atomic E-state index is 0.115. The van der Waals surface area contributed by atoms with Crippen LogP contribution < -0.4 is 5.32 Å². The van der Waals surface area contributed by atoms with Gasteiger partial charge in [0.2, 0.25) is 5.91 Å². The van der Waals surface area contributed by atoms with Crippen molar-refractivity contribution in [2.75, 3.05) is 5.32 Å². The number of carboxylic acids is 1. The number of rotatable bonds is 9. The fourth-order valence-corrected chi connectivity index (χ4v) is 5.49. The van der Waals surface area contributed by atoms with Crippen LogP contribution in [-0.4, -0.2) is 45.4 Å². The normalized spacial score (nSPS) is 12.1. The molecule has 0 aliphatic heterocycles. The number of carbonyl (C=O) groups is 2. The third-order valence-corrected chi connectivity index (χ3v) is 7.86. The summed E-state index contributed by atoms with van der Waals surface area (Å²) in [7, 11) is -3.68. The number of sulfone groups is 1. The summed E-state index contributed by atoms with van der Waals surface area (Å²) in [6.45, 7) is 1.69. The van der Waals surface area contributed by atoms with Crippen LogP contribution in [0, 0.1) is 0 Å². The number of nitrogens with one attached hydrogen (secondary N) is 1. The van der Waals surface area contributed by atoms with E-state index in [1.165, 1.54) is 36.4 Å². The molecular weight excluding hydrogens is 500 g/mol. The zero-order valence-corrected chi connectivity index (χ0v) is 20.7. The molecule has 1 amide bonds. The van der Waals surface area contributed by atoms with E-state index in [4.69, 9.17) is 5.11 Å². The number of amides is 1. The zero-order chi connectivity index (χ0) is 25.7. The summed E-state index contributed by atoms with van der Waals surface area (Å²) < 4.78 is 27.6. The van der Waals surface area contributed by atoms with Gasteiger partial charge >= 0.3 is 5.97 Å². The molecule has 1 aromatic heterocycles. The zero-order valence-electron chi connectivity index (χ0n) is 19.1. The molecule has 0 fully saturated rings. The summed E-state index contributed by atoms with van der Waals surface area (Å²) in [5, 5.41) is 19.9. The Morgan fingerprint density at radius 3 is 2.17 bits per heavy atom. The number of carboxylic acid groups (broad SMARTS) is 1. The van der Waals surface area contributed by atoms with E-state index in [1.807, 2.05) is 18.2 Å². The number of aromatic nitrogens is 3. The van der Waals surface area contributed by atoms with Crippen LogP contribution in [0.1, 0.15) is 23.1 Å². The van der Waals surface area contributed by atoms with E-state index in [-0.39, 0.29) is 27.9 Å². The van der Waals surface area contributed by atoms with Gasteiger partial charge in [0.1, 0.15) is 5.75 Å². The molecule has 0 saturated heterocycles. The molecule has 4 rings (SSSR count). The molecular formula is C25H22N4O5S2. The van der Waals surface area contributed by atoms with Gasteiger partial charge in [-0.3, -0.25) is 9.36 Å². The molecule has 0 saturated carbocycles. The average molecular weight is 523 g/mol. The van der Waals surface area contributed by atoms with Crippen molar-refractivity contribution < 1.29 is 23.1 Å². The molecule has 36 heavy (non-hydrogen) atoms. The van der Waals surface area contributed by atoms with Gasteiger partial charge in [0.05, 0.1) is 15.7 Å². The fourth-order valence-electron chi connectivity index (χ4n) is 3.34. The summed E-state index contributed by atoms with van der Waals surface area (Å²) >= 11 is 1.13. The maximum absolute atomic E-state index is 13.0. The fraction of sp³-hybridized carbons (Fsp3) is 0.120. The molecule has 184 valence electrons. The molecule has 0 spiro atoms. The third kappa shape index (κ3) is 5.81. The first-order valence-electron chi connectivity index (χ1n) is 10.8. The predicted molar refractivity (Wildman–Crippen MR) is 136 cm³/mol. The molecule has 0 aliphatic rings. The Hall–Kier alpha value is -3.96. The monoisotopic (exact) mass is 522 g/mol. The summed E-state index contributed by atoms with van der Waals surface area (Å²) in [4.78, 5) is 24.0. The number of para-hydroxylation sites is 1. The van der Waals surface area contributed by atoms with E-state index in [0.717, 1.165) is 11.8 Å². The van der Waals surface area contributed by atoms with Crippen molar-refractivity contribution in [3.05, 3.63) is 96.3 Å². The van der Waals surface area contributed by atoms with E-state index in [9.17, 15) is 18.0 Å². The largest absolute Gasteiger partial charge is 0.478 e. The molecule has 2 N–H and O–H groups in total. The Balaban J connectivity index is 1.58. The minimum Gasteiger partial charge on any atom is -0.478 e. The topological polar surface area (TPSA) is 131 Å². The highest BCUT2D eigenvalue weighted by molar-refractivity contribution is 8.00. The summed E-state index contributed by atoms with van der Waals surface area (Å²) in [6, 6.07) is 23.0. The van der Waals surface area contributed by atoms with Crippen molar-refractivity contribution >= 4 is 39.2 Å². The lowest BCUT2D eigenvalue weighted by Gasteiger charge is -2.14. The molecule has 4 aromatic rings. The van der Waals surface area contributed by atoms with Gasteiger partial charge in [-0.05, 0) is 55.5 Å². The van der Waals surface area contributed by atoms with Crippen molar-refractivity contribution in [2.24, 2.45) is 0 Å². The maximum Gasteiger partial charge on any atom is 0.335 e. The van der Waals surface area contributed by atoms with E-state index in [2.05, 4.69) is 15.5 Å². The number of thioether (sulfide) groups is 1. The lowest BCUT2D eigenvalue weighted by Crippen LogP contribution is -2.23. The first-order chi connectivity index (χ1) is 17.2. The molecule has 3 aromatic carbocycles. The van der Waals surface area contributed by atoms with Gasteiger partial charge in [0, 0.05) is 11.4 Å². The molecule has 9 nitrogen and oxygen atoms in total. The average Bonchev–Trinajstić information content (AvgIpc) is 3.26. The Morgan fingerprint density at radius 1 is 0.944 bits per heavy atom. The number of aromatic carboxylic acids is 1. The van der Waals surface area contributed by atoms with Gasteiger partial charge in [-0.1, -0.05) is 48.2 Å². The van der Waals surface area contributed by atoms with Crippen molar-refractivity contribution in [3.63, 3.8) is 0 Å².